The zero-order valence-corrected chi connectivity index (χ0v) is 36.2. The molecule has 0 aromatic heterocycles. The minimum Gasteiger partial charge on any atom is -0.481 e. The predicted octanol–water partition coefficient (Wildman–Crippen LogP) is 7.80. The minimum absolute atomic E-state index is 0. The maximum atomic E-state index is 12.5. The van der Waals surface area contributed by atoms with E-state index in [0.29, 0.717) is 19.3 Å². The molecule has 23 heteroatoms. The Balaban J connectivity index is 0.000000281. The Morgan fingerprint density at radius 3 is 1.30 bits per heavy atom. The second-order valence-corrected chi connectivity index (χ2v) is 16.3. The second kappa shape index (κ2) is 26.0. The fraction of sp³-hybridized carbons (Fsp3) is 0.558. The molecular weight excluding hydrogens is 918 g/mol. The van der Waals surface area contributed by atoms with E-state index in [-0.39, 0.29) is 125 Å². The summed E-state index contributed by atoms with van der Waals surface area (Å²) >= 11 is 0. The van der Waals surface area contributed by atoms with Crippen LogP contribution in [0.1, 0.15) is 88.2 Å². The molecule has 6 saturated carbocycles. The van der Waals surface area contributed by atoms with Gasteiger partial charge in [-0.3, -0.25) is 19.2 Å². The Morgan fingerprint density at radius 2 is 1.03 bits per heavy atom. The first-order valence-electron chi connectivity index (χ1n) is 20.4. The molecule has 0 bridgehead atoms. The molecule has 0 unspecified atom stereocenters. The van der Waals surface area contributed by atoms with Gasteiger partial charge in [-0.15, -0.1) is 12.4 Å². The van der Waals surface area contributed by atoms with Crippen LogP contribution in [0.15, 0.2) is 60.7 Å². The van der Waals surface area contributed by atoms with Crippen molar-refractivity contribution >= 4 is 48.5 Å². The van der Waals surface area contributed by atoms with Gasteiger partial charge in [-0.25, -0.2) is 51.3 Å². The Hall–Kier alpha value is -5.56. The number of ether oxygens (including phenoxy) is 2. The van der Waals surface area contributed by atoms with Gasteiger partial charge < -0.3 is 41.1 Å². The Bertz CT molecular complexity index is 1900. The van der Waals surface area contributed by atoms with Crippen molar-refractivity contribution in [3.8, 4) is 0 Å². The van der Waals surface area contributed by atoms with E-state index in [0.717, 1.165) is 11.1 Å². The number of nitrogens with two attached hydrogens (primary N) is 1. The quantitative estimate of drug-likeness (QED) is 0.0936. The lowest BCUT2D eigenvalue weighted by atomic mass is 9.84. The number of nitrogens with zero attached hydrogens (tertiary/aromatic N) is 1. The Morgan fingerprint density at radius 1 is 0.652 bits per heavy atom. The van der Waals surface area contributed by atoms with Crippen molar-refractivity contribution in [3.05, 3.63) is 83.2 Å². The van der Waals surface area contributed by atoms with Crippen molar-refractivity contribution in [2.45, 2.75) is 144 Å². The molecule has 14 nitrogen and oxygen atoms in total. The number of carbonyl (C=O) groups excluding carboxylic acids is 5. The number of alkyl carbamates (subject to hydrolysis) is 2. The van der Waals surface area contributed by atoms with Crippen molar-refractivity contribution in [1.29, 1.82) is 0 Å². The molecule has 6 fully saturated rings. The number of carboxylic acid groups (broad SMARTS) is 1. The van der Waals surface area contributed by atoms with Gasteiger partial charge >= 0.3 is 18.2 Å². The van der Waals surface area contributed by atoms with E-state index in [1.807, 2.05) is 60.7 Å². The normalized spacial score (nSPS) is 20.5. The maximum absolute atomic E-state index is 12.5. The molecule has 0 saturated heterocycles. The molecule has 6 N–H and O–H groups in total. The summed E-state index contributed by atoms with van der Waals surface area (Å²) in [6.45, 7) is 6.73. The van der Waals surface area contributed by atoms with Crippen molar-refractivity contribution in [2.24, 2.45) is 11.7 Å². The van der Waals surface area contributed by atoms with Crippen molar-refractivity contribution in [1.82, 2.24) is 16.0 Å². The molecule has 66 heavy (non-hydrogen) atoms. The van der Waals surface area contributed by atoms with Gasteiger partial charge in [0.05, 0.1) is 18.8 Å². The third-order valence-corrected chi connectivity index (χ3v) is 10.2. The van der Waals surface area contributed by atoms with Crippen LogP contribution in [0.4, 0.5) is 44.7 Å². The van der Waals surface area contributed by atoms with Crippen molar-refractivity contribution < 1.29 is 78.5 Å². The SMILES string of the molecule is Cl.NC1CC(F)(F)C1.O=C(NC1CC(F)(F)C1)OCc1ccccc1.O=C1CC(C(=O)O)C1.O=C1CC(NC(=O)OCc2ccccc2)C1.O=CNC1CC(F)(F)C1.[C-]#[N+]C1CC(F)(F)C1. The van der Waals surface area contributed by atoms with Gasteiger partial charge in [-0.1, -0.05) is 60.7 Å². The molecule has 0 heterocycles. The molecular formula is C43H52ClF8N5O9. The van der Waals surface area contributed by atoms with Crippen LogP contribution >= 0.6 is 12.4 Å². The predicted molar refractivity (Wildman–Crippen MR) is 222 cm³/mol. The lowest BCUT2D eigenvalue weighted by Gasteiger charge is -2.34. The molecule has 366 valence electrons. The standard InChI is InChI=1S/C12H13F2NO2.C12H13NO3.C5H7F2NO.C5H5F2N.C5H6O3.C4H7F2N.ClH/c13-12(14)6-10(7-12)15-11(16)17-8-9-4-2-1-3-5-9;14-11-6-10(7-11)13-12(15)16-8-9-4-2-1-3-5-9;6-5(7)1-4(2-5)8-3-9;1-8-4-2-5(6,7)3-4;6-4-1-3(2-4)5(7)8;5-4(6)1-3(7)2-4;/h1-5,10H,6-8H2,(H,15,16);1-5,10H,6-8H2,(H,13,15);3-4H,1-2H2,(H,8,9);4H,2-3H2;3H,1-2H2,(H,7,8);3H,1-2,7H2;1H. The minimum atomic E-state index is -2.63. The molecule has 2 aromatic carbocycles. The second-order valence-electron chi connectivity index (χ2n) is 16.3. The van der Waals surface area contributed by atoms with Crippen LogP contribution in [0.5, 0.6) is 0 Å². The number of hydrogen-bond acceptors (Lipinski definition) is 9. The lowest BCUT2D eigenvalue weighted by Crippen LogP contribution is -2.50. The number of Topliss-reactive ketones (excluding diaryl/α,β-unsaturated/α-hetero) is 2. The fourth-order valence-corrected chi connectivity index (χ4v) is 6.19. The highest BCUT2D eigenvalue weighted by atomic mass is 35.5. The first-order chi connectivity index (χ1) is 30.4. The van der Waals surface area contributed by atoms with E-state index in [9.17, 15) is 63.9 Å². The highest BCUT2D eigenvalue weighted by Gasteiger charge is 2.50. The number of carboxylic acids is 1. The molecule has 3 amide bonds. The molecule has 0 spiro atoms. The number of alkyl halides is 8. The third kappa shape index (κ3) is 22.1. The van der Waals surface area contributed by atoms with Crippen LogP contribution < -0.4 is 21.7 Å². The number of ketones is 2. The zero-order chi connectivity index (χ0) is 48.4. The summed E-state index contributed by atoms with van der Waals surface area (Å²) in [6, 6.07) is 17.2. The average Bonchev–Trinajstić information content (AvgIpc) is 3.16. The zero-order valence-electron chi connectivity index (χ0n) is 35.4. The van der Waals surface area contributed by atoms with Gasteiger partial charge in [-0.2, -0.15) is 0 Å². The number of carbonyl (C=O) groups is 6. The molecule has 8 rings (SSSR count). The van der Waals surface area contributed by atoms with E-state index >= 15 is 0 Å². The highest BCUT2D eigenvalue weighted by Crippen LogP contribution is 2.40. The lowest BCUT2D eigenvalue weighted by molar-refractivity contribution is -0.149. The maximum Gasteiger partial charge on any atom is 0.407 e. The number of halogens is 9. The van der Waals surface area contributed by atoms with Gasteiger partial charge in [0.2, 0.25) is 12.5 Å². The molecule has 0 atom stereocenters. The number of hydrogen-bond donors (Lipinski definition) is 5. The van der Waals surface area contributed by atoms with Gasteiger partial charge in [0.15, 0.2) is 0 Å². The van der Waals surface area contributed by atoms with E-state index in [1.165, 1.54) is 0 Å². The molecule has 6 aliphatic rings. The van der Waals surface area contributed by atoms with E-state index in [2.05, 4.69) is 20.8 Å². The van der Waals surface area contributed by atoms with Crippen LogP contribution in [0.3, 0.4) is 0 Å². The summed E-state index contributed by atoms with van der Waals surface area (Å²) < 4.78 is 106. The third-order valence-electron chi connectivity index (χ3n) is 10.2. The summed E-state index contributed by atoms with van der Waals surface area (Å²) in [5.41, 5.74) is 6.88. The average molecular weight is 970 g/mol. The van der Waals surface area contributed by atoms with Crippen LogP contribution in [0, 0.1) is 12.5 Å². The summed E-state index contributed by atoms with van der Waals surface area (Å²) in [5.74, 6) is -11.1. The number of rotatable bonds is 9. The van der Waals surface area contributed by atoms with Gasteiger partial charge in [0, 0.05) is 88.4 Å². The monoisotopic (exact) mass is 969 g/mol. The Kier molecular flexibility index (Phi) is 22.2. The smallest absolute Gasteiger partial charge is 0.407 e. The fourth-order valence-electron chi connectivity index (χ4n) is 6.19. The molecule has 6 aliphatic carbocycles. The van der Waals surface area contributed by atoms with Crippen LogP contribution in [0.2, 0.25) is 0 Å². The van der Waals surface area contributed by atoms with E-state index in [4.69, 9.17) is 26.9 Å². The summed E-state index contributed by atoms with van der Waals surface area (Å²) in [6.07, 6.45) is -0.979. The van der Waals surface area contributed by atoms with E-state index in [1.54, 1.807) is 0 Å². The van der Waals surface area contributed by atoms with Crippen LogP contribution in [0.25, 0.3) is 4.85 Å². The highest BCUT2D eigenvalue weighted by molar-refractivity contribution is 5.93. The van der Waals surface area contributed by atoms with Crippen molar-refractivity contribution in [2.75, 3.05) is 0 Å². The number of aliphatic carboxylic acids is 1. The summed E-state index contributed by atoms with van der Waals surface area (Å²) in [4.78, 5) is 66.0. The number of nitrogens with one attached hydrogen (secondary N) is 3. The largest absolute Gasteiger partial charge is 0.481 e. The molecule has 0 radical (unpaired) electrons. The van der Waals surface area contributed by atoms with Crippen molar-refractivity contribution in [3.63, 3.8) is 0 Å². The number of amides is 3. The van der Waals surface area contributed by atoms with Crippen LogP contribution in [-0.2, 0) is 41.9 Å². The number of benzene rings is 2. The van der Waals surface area contributed by atoms with Gasteiger partial charge in [0.1, 0.15) is 24.8 Å². The first-order valence-corrected chi connectivity index (χ1v) is 20.4. The van der Waals surface area contributed by atoms with Gasteiger partial charge in [0.25, 0.3) is 23.7 Å². The van der Waals surface area contributed by atoms with Gasteiger partial charge in [-0.05, 0) is 11.1 Å². The molecule has 2 aromatic rings. The van der Waals surface area contributed by atoms with Crippen LogP contribution in [-0.4, -0.2) is 95.1 Å². The summed E-state index contributed by atoms with van der Waals surface area (Å²) in [7, 11) is 0. The first kappa shape index (κ1) is 56.6. The Labute approximate surface area is 381 Å². The topological polar surface area (TPSA) is 208 Å². The van der Waals surface area contributed by atoms with E-state index < -0.39 is 53.9 Å². The molecule has 0 aliphatic heterocycles. The summed E-state index contributed by atoms with van der Waals surface area (Å²) in [5, 5.41) is 15.5.